The van der Waals surface area contributed by atoms with Gasteiger partial charge in [-0.3, -0.25) is 4.68 Å². The summed E-state index contributed by atoms with van der Waals surface area (Å²) in [5, 5.41) is 4.50. The molecule has 0 aliphatic carbocycles. The molecular weight excluding hydrogens is 294 g/mol. The van der Waals surface area contributed by atoms with Crippen molar-refractivity contribution in [1.82, 2.24) is 9.78 Å². The third-order valence-electron chi connectivity index (χ3n) is 3.62. The molecule has 4 nitrogen and oxygen atoms in total. The van der Waals surface area contributed by atoms with Crippen molar-refractivity contribution < 1.29 is 4.74 Å². The molecule has 0 amide bonds. The van der Waals surface area contributed by atoms with Crippen LogP contribution in [0, 0.1) is 0 Å². The first-order chi connectivity index (χ1) is 8.63. The molecule has 1 aromatic heterocycles. The van der Waals surface area contributed by atoms with E-state index in [0.717, 1.165) is 36.0 Å². The van der Waals surface area contributed by atoms with Crippen molar-refractivity contribution >= 4 is 15.9 Å². The van der Waals surface area contributed by atoms with Crippen LogP contribution < -0.4 is 5.73 Å². The lowest BCUT2D eigenvalue weighted by atomic mass is 9.99. The van der Waals surface area contributed by atoms with Crippen LogP contribution in [-0.4, -0.2) is 28.5 Å². The van der Waals surface area contributed by atoms with E-state index in [1.165, 1.54) is 18.5 Å². The van der Waals surface area contributed by atoms with E-state index in [4.69, 9.17) is 10.5 Å². The zero-order valence-electron chi connectivity index (χ0n) is 11.2. The molecule has 0 radical (unpaired) electrons. The SMILES string of the molecule is CCc1nn(C)c(CC(N)C2CCCCO2)c1Br. The summed E-state index contributed by atoms with van der Waals surface area (Å²) in [7, 11) is 1.98. The molecule has 1 aliphatic heterocycles. The Morgan fingerprint density at radius 3 is 2.89 bits per heavy atom. The maximum atomic E-state index is 6.28. The average molecular weight is 316 g/mol. The van der Waals surface area contributed by atoms with Crippen molar-refractivity contribution in [2.75, 3.05) is 6.61 Å². The van der Waals surface area contributed by atoms with Gasteiger partial charge >= 0.3 is 0 Å². The summed E-state index contributed by atoms with van der Waals surface area (Å²) in [4.78, 5) is 0. The molecule has 1 aromatic rings. The molecule has 0 spiro atoms. The smallest absolute Gasteiger partial charge is 0.0766 e. The van der Waals surface area contributed by atoms with Gasteiger partial charge in [0.15, 0.2) is 0 Å². The number of aryl methyl sites for hydroxylation is 2. The molecule has 102 valence electrons. The second-order valence-corrected chi connectivity index (χ2v) is 5.75. The largest absolute Gasteiger partial charge is 0.377 e. The molecule has 1 aliphatic rings. The Bertz CT molecular complexity index is 399. The van der Waals surface area contributed by atoms with E-state index in [9.17, 15) is 0 Å². The Balaban J connectivity index is 2.06. The molecule has 2 N–H and O–H groups in total. The maximum Gasteiger partial charge on any atom is 0.0766 e. The van der Waals surface area contributed by atoms with Gasteiger partial charge in [0.25, 0.3) is 0 Å². The Hall–Kier alpha value is -0.390. The topological polar surface area (TPSA) is 53.1 Å². The van der Waals surface area contributed by atoms with Gasteiger partial charge in [0.2, 0.25) is 0 Å². The quantitative estimate of drug-likeness (QED) is 0.926. The van der Waals surface area contributed by atoms with Gasteiger partial charge in [-0.25, -0.2) is 0 Å². The van der Waals surface area contributed by atoms with Gasteiger partial charge in [-0.15, -0.1) is 0 Å². The van der Waals surface area contributed by atoms with Crippen LogP contribution >= 0.6 is 15.9 Å². The normalized spacial score (nSPS) is 22.1. The maximum absolute atomic E-state index is 6.28. The Kier molecular flexibility index (Phi) is 4.81. The molecule has 2 heterocycles. The first kappa shape index (κ1) is 14.0. The van der Waals surface area contributed by atoms with E-state index in [-0.39, 0.29) is 12.1 Å². The van der Waals surface area contributed by atoms with E-state index < -0.39 is 0 Å². The van der Waals surface area contributed by atoms with Gasteiger partial charge in [-0.2, -0.15) is 5.10 Å². The van der Waals surface area contributed by atoms with Crippen molar-refractivity contribution in [1.29, 1.82) is 0 Å². The summed E-state index contributed by atoms with van der Waals surface area (Å²) < 4.78 is 8.80. The summed E-state index contributed by atoms with van der Waals surface area (Å²) >= 11 is 3.64. The van der Waals surface area contributed by atoms with E-state index in [1.54, 1.807) is 0 Å². The number of rotatable bonds is 4. The number of nitrogens with zero attached hydrogens (tertiary/aromatic N) is 2. The van der Waals surface area contributed by atoms with Crippen molar-refractivity contribution in [3.05, 3.63) is 15.9 Å². The third kappa shape index (κ3) is 2.95. The highest BCUT2D eigenvalue weighted by Gasteiger charge is 2.24. The van der Waals surface area contributed by atoms with Crippen molar-refractivity contribution in [2.24, 2.45) is 12.8 Å². The Labute approximate surface area is 117 Å². The van der Waals surface area contributed by atoms with Crippen molar-refractivity contribution in [3.8, 4) is 0 Å². The van der Waals surface area contributed by atoms with Crippen LogP contribution in [0.4, 0.5) is 0 Å². The van der Waals surface area contributed by atoms with E-state index in [0.29, 0.717) is 0 Å². The Morgan fingerprint density at radius 1 is 1.56 bits per heavy atom. The van der Waals surface area contributed by atoms with E-state index in [1.807, 2.05) is 11.7 Å². The fraction of sp³-hybridized carbons (Fsp3) is 0.769. The molecule has 2 unspecified atom stereocenters. The fourth-order valence-corrected chi connectivity index (χ4v) is 3.28. The van der Waals surface area contributed by atoms with Crippen LogP contribution in [0.1, 0.15) is 37.6 Å². The van der Waals surface area contributed by atoms with Gasteiger partial charge < -0.3 is 10.5 Å². The standard InChI is InChI=1S/C13H22BrN3O/c1-3-10-13(14)11(17(2)16-10)8-9(15)12-6-4-5-7-18-12/h9,12H,3-8,15H2,1-2H3. The highest BCUT2D eigenvalue weighted by molar-refractivity contribution is 9.10. The lowest BCUT2D eigenvalue weighted by Gasteiger charge is -2.28. The second kappa shape index (κ2) is 6.17. The highest BCUT2D eigenvalue weighted by atomic mass is 79.9. The number of hydrogen-bond acceptors (Lipinski definition) is 3. The first-order valence-electron chi connectivity index (χ1n) is 6.71. The average Bonchev–Trinajstić information content (AvgIpc) is 2.67. The predicted octanol–water partition coefficient (Wildman–Crippen LogP) is 2.18. The summed E-state index contributed by atoms with van der Waals surface area (Å²) in [5.41, 5.74) is 8.56. The van der Waals surface area contributed by atoms with Gasteiger partial charge in [0.1, 0.15) is 0 Å². The van der Waals surface area contributed by atoms with Gasteiger partial charge in [0.05, 0.1) is 22.0 Å². The summed E-state index contributed by atoms with van der Waals surface area (Å²) in [6, 6.07) is 0.0571. The van der Waals surface area contributed by atoms with E-state index >= 15 is 0 Å². The first-order valence-corrected chi connectivity index (χ1v) is 7.50. The number of hydrogen-bond donors (Lipinski definition) is 1. The van der Waals surface area contributed by atoms with Crippen LogP contribution in [0.5, 0.6) is 0 Å². The van der Waals surface area contributed by atoms with Crippen molar-refractivity contribution in [3.63, 3.8) is 0 Å². The zero-order chi connectivity index (χ0) is 13.1. The zero-order valence-corrected chi connectivity index (χ0v) is 12.7. The molecule has 0 bridgehead atoms. The van der Waals surface area contributed by atoms with Gasteiger partial charge in [0, 0.05) is 26.1 Å². The predicted molar refractivity (Wildman–Crippen MR) is 75.6 cm³/mol. The van der Waals surface area contributed by atoms with E-state index in [2.05, 4.69) is 28.0 Å². The fourth-order valence-electron chi connectivity index (χ4n) is 2.50. The van der Waals surface area contributed by atoms with Crippen molar-refractivity contribution in [2.45, 2.75) is 51.2 Å². The summed E-state index contributed by atoms with van der Waals surface area (Å²) in [5.74, 6) is 0. The van der Waals surface area contributed by atoms with Crippen LogP contribution in [0.25, 0.3) is 0 Å². The second-order valence-electron chi connectivity index (χ2n) is 4.96. The van der Waals surface area contributed by atoms with Crippen LogP contribution in [-0.2, 0) is 24.6 Å². The van der Waals surface area contributed by atoms with Crippen LogP contribution in [0.15, 0.2) is 4.47 Å². The lowest BCUT2D eigenvalue weighted by Crippen LogP contribution is -2.40. The summed E-state index contributed by atoms with van der Waals surface area (Å²) in [6.45, 7) is 2.96. The third-order valence-corrected chi connectivity index (χ3v) is 4.54. The molecule has 1 saturated heterocycles. The van der Waals surface area contributed by atoms with Crippen LogP contribution in [0.3, 0.4) is 0 Å². The molecular formula is C13H22BrN3O. The number of aromatic nitrogens is 2. The molecule has 0 aromatic carbocycles. The molecule has 0 saturated carbocycles. The molecule has 1 fully saturated rings. The van der Waals surface area contributed by atoms with Crippen LogP contribution in [0.2, 0.25) is 0 Å². The minimum Gasteiger partial charge on any atom is -0.377 e. The number of ether oxygens (including phenoxy) is 1. The molecule has 18 heavy (non-hydrogen) atoms. The highest BCUT2D eigenvalue weighted by Crippen LogP contribution is 2.24. The summed E-state index contributed by atoms with van der Waals surface area (Å²) in [6.07, 6.45) is 5.42. The molecule has 2 atom stereocenters. The van der Waals surface area contributed by atoms with Gasteiger partial charge in [-0.1, -0.05) is 6.92 Å². The monoisotopic (exact) mass is 315 g/mol. The molecule has 2 rings (SSSR count). The molecule has 5 heteroatoms. The lowest BCUT2D eigenvalue weighted by molar-refractivity contribution is 0.000305. The minimum absolute atomic E-state index is 0.0571. The Morgan fingerprint density at radius 2 is 2.33 bits per heavy atom. The minimum atomic E-state index is 0.0571. The number of nitrogens with two attached hydrogens (primary N) is 1. The van der Waals surface area contributed by atoms with Gasteiger partial charge in [-0.05, 0) is 41.6 Å². The number of halogens is 1.